The highest BCUT2D eigenvalue weighted by Gasteiger charge is 2.32. The van der Waals surface area contributed by atoms with Gasteiger partial charge in [0, 0.05) is 19.2 Å². The van der Waals surface area contributed by atoms with E-state index in [2.05, 4.69) is 0 Å². The molecule has 0 radical (unpaired) electrons. The molecule has 1 amide bonds. The highest BCUT2D eigenvalue weighted by Crippen LogP contribution is 2.32. The Morgan fingerprint density at radius 2 is 2.08 bits per heavy atom. The molecule has 0 saturated carbocycles. The lowest BCUT2D eigenvalue weighted by Crippen LogP contribution is -2.40. The molecule has 140 valence electrons. The molecular formula is C17H19NO7S. The highest BCUT2D eigenvalue weighted by atomic mass is 32.2. The van der Waals surface area contributed by atoms with Crippen molar-refractivity contribution in [3.05, 3.63) is 29.8 Å². The zero-order valence-corrected chi connectivity index (χ0v) is 15.0. The number of likely N-dealkylation sites (N-methyl/N-ethyl adjacent to an activating group) is 1. The van der Waals surface area contributed by atoms with Gasteiger partial charge in [0.2, 0.25) is 6.79 Å². The molecular weight excluding hydrogens is 362 g/mol. The van der Waals surface area contributed by atoms with E-state index < -0.39 is 28.3 Å². The molecule has 0 aliphatic carbocycles. The average Bonchev–Trinajstić information content (AvgIpc) is 3.22. The first kappa shape index (κ1) is 18.2. The second kappa shape index (κ2) is 7.36. The maximum atomic E-state index is 12.0. The van der Waals surface area contributed by atoms with Crippen molar-refractivity contribution in [3.8, 4) is 11.5 Å². The number of sulfone groups is 1. The summed E-state index contributed by atoms with van der Waals surface area (Å²) in [6, 6.07) is 4.86. The van der Waals surface area contributed by atoms with Gasteiger partial charge in [0.25, 0.3) is 5.91 Å². The van der Waals surface area contributed by atoms with Crippen LogP contribution in [0.25, 0.3) is 6.08 Å². The zero-order valence-electron chi connectivity index (χ0n) is 14.2. The average molecular weight is 381 g/mol. The Kier molecular flexibility index (Phi) is 5.17. The smallest absolute Gasteiger partial charge is 0.331 e. The van der Waals surface area contributed by atoms with Crippen LogP contribution in [0.1, 0.15) is 12.0 Å². The molecule has 26 heavy (non-hydrogen) atoms. The van der Waals surface area contributed by atoms with Gasteiger partial charge < -0.3 is 19.1 Å². The summed E-state index contributed by atoms with van der Waals surface area (Å²) < 4.78 is 38.3. The number of fused-ring (bicyclic) bond motifs is 1. The Morgan fingerprint density at radius 3 is 2.81 bits per heavy atom. The fourth-order valence-corrected chi connectivity index (χ4v) is 4.52. The van der Waals surface area contributed by atoms with Gasteiger partial charge >= 0.3 is 5.97 Å². The zero-order chi connectivity index (χ0) is 18.7. The molecule has 1 aromatic rings. The van der Waals surface area contributed by atoms with E-state index in [4.69, 9.17) is 14.2 Å². The Labute approximate surface area is 151 Å². The fraction of sp³-hybridized carbons (Fsp3) is 0.412. The first-order valence-electron chi connectivity index (χ1n) is 8.05. The third-order valence-electron chi connectivity index (χ3n) is 4.30. The van der Waals surface area contributed by atoms with Crippen molar-refractivity contribution < 1.29 is 32.2 Å². The van der Waals surface area contributed by atoms with E-state index in [1.165, 1.54) is 18.0 Å². The van der Waals surface area contributed by atoms with Crippen LogP contribution in [-0.2, 0) is 24.2 Å². The first-order chi connectivity index (χ1) is 12.3. The normalized spacial score (nSPS) is 20.3. The summed E-state index contributed by atoms with van der Waals surface area (Å²) in [6.45, 7) is -0.264. The molecule has 1 fully saturated rings. The van der Waals surface area contributed by atoms with Gasteiger partial charge in [-0.05, 0) is 30.2 Å². The van der Waals surface area contributed by atoms with E-state index >= 15 is 0 Å². The van der Waals surface area contributed by atoms with Gasteiger partial charge in [-0.15, -0.1) is 0 Å². The maximum Gasteiger partial charge on any atom is 0.331 e. The third-order valence-corrected chi connectivity index (χ3v) is 6.05. The lowest BCUT2D eigenvalue weighted by Gasteiger charge is -2.22. The van der Waals surface area contributed by atoms with E-state index in [0.29, 0.717) is 17.9 Å². The van der Waals surface area contributed by atoms with Crippen LogP contribution < -0.4 is 9.47 Å². The number of amides is 1. The number of nitrogens with zero attached hydrogens (tertiary/aromatic N) is 1. The number of hydrogen-bond donors (Lipinski definition) is 0. The van der Waals surface area contributed by atoms with Gasteiger partial charge in [-0.3, -0.25) is 4.79 Å². The van der Waals surface area contributed by atoms with Crippen molar-refractivity contribution in [2.75, 3.05) is 32.0 Å². The molecule has 1 saturated heterocycles. The number of esters is 1. The molecule has 1 atom stereocenters. The van der Waals surface area contributed by atoms with Crippen molar-refractivity contribution in [1.29, 1.82) is 0 Å². The van der Waals surface area contributed by atoms with Crippen LogP contribution in [0.2, 0.25) is 0 Å². The minimum absolute atomic E-state index is 0.0484. The summed E-state index contributed by atoms with van der Waals surface area (Å²) in [6.07, 6.45) is 3.16. The second-order valence-electron chi connectivity index (χ2n) is 6.12. The summed E-state index contributed by atoms with van der Waals surface area (Å²) in [4.78, 5) is 25.1. The molecule has 3 rings (SSSR count). The van der Waals surface area contributed by atoms with Crippen LogP contribution in [0, 0.1) is 0 Å². The number of ether oxygens (including phenoxy) is 3. The monoisotopic (exact) mass is 381 g/mol. The van der Waals surface area contributed by atoms with E-state index in [-0.39, 0.29) is 24.3 Å². The Balaban J connectivity index is 1.48. The maximum absolute atomic E-state index is 12.0. The van der Waals surface area contributed by atoms with Gasteiger partial charge in [-0.2, -0.15) is 0 Å². The van der Waals surface area contributed by atoms with Gasteiger partial charge in [-0.25, -0.2) is 13.2 Å². The van der Waals surface area contributed by atoms with Crippen LogP contribution in [0.5, 0.6) is 11.5 Å². The van der Waals surface area contributed by atoms with Crippen molar-refractivity contribution in [3.63, 3.8) is 0 Å². The quantitative estimate of drug-likeness (QED) is 0.544. The number of carbonyl (C=O) groups excluding carboxylic acids is 2. The van der Waals surface area contributed by atoms with Gasteiger partial charge in [0.15, 0.2) is 27.9 Å². The molecule has 0 spiro atoms. The molecule has 2 heterocycles. The summed E-state index contributed by atoms with van der Waals surface area (Å²) in [5.41, 5.74) is 0.728. The van der Waals surface area contributed by atoms with E-state index in [0.717, 1.165) is 5.56 Å². The van der Waals surface area contributed by atoms with E-state index in [1.807, 2.05) is 0 Å². The van der Waals surface area contributed by atoms with Crippen LogP contribution in [-0.4, -0.2) is 63.2 Å². The van der Waals surface area contributed by atoms with Crippen molar-refractivity contribution in [2.45, 2.75) is 12.5 Å². The first-order valence-corrected chi connectivity index (χ1v) is 9.87. The van der Waals surface area contributed by atoms with Gasteiger partial charge in [0.05, 0.1) is 11.5 Å². The van der Waals surface area contributed by atoms with Crippen molar-refractivity contribution in [1.82, 2.24) is 4.90 Å². The SMILES string of the molecule is CN(C(=O)COC(=O)/C=C/c1ccc2c(c1)OCO2)C1CCS(=O)(=O)C1. The Morgan fingerprint density at radius 1 is 1.31 bits per heavy atom. The van der Waals surface area contributed by atoms with Crippen molar-refractivity contribution >= 4 is 27.8 Å². The molecule has 0 bridgehead atoms. The van der Waals surface area contributed by atoms with E-state index in [1.54, 1.807) is 24.3 Å². The van der Waals surface area contributed by atoms with Crippen LogP contribution in [0.4, 0.5) is 0 Å². The molecule has 2 aliphatic rings. The van der Waals surface area contributed by atoms with Gasteiger partial charge in [-0.1, -0.05) is 6.07 Å². The van der Waals surface area contributed by atoms with Crippen LogP contribution >= 0.6 is 0 Å². The van der Waals surface area contributed by atoms with Crippen LogP contribution in [0.3, 0.4) is 0 Å². The Bertz CT molecular complexity index is 847. The summed E-state index contributed by atoms with van der Waals surface area (Å²) in [5.74, 6) is 0.178. The number of benzene rings is 1. The molecule has 1 unspecified atom stereocenters. The lowest BCUT2D eigenvalue weighted by molar-refractivity contribution is -0.148. The van der Waals surface area contributed by atoms with E-state index in [9.17, 15) is 18.0 Å². The highest BCUT2D eigenvalue weighted by molar-refractivity contribution is 7.91. The van der Waals surface area contributed by atoms with Crippen LogP contribution in [0.15, 0.2) is 24.3 Å². The molecule has 8 nitrogen and oxygen atoms in total. The predicted molar refractivity (Wildman–Crippen MR) is 92.4 cm³/mol. The fourth-order valence-electron chi connectivity index (χ4n) is 2.75. The molecule has 1 aromatic carbocycles. The molecule has 2 aliphatic heterocycles. The largest absolute Gasteiger partial charge is 0.454 e. The summed E-state index contributed by atoms with van der Waals surface area (Å²) in [7, 11) is -1.56. The molecule has 0 N–H and O–H groups in total. The third kappa shape index (κ3) is 4.34. The topological polar surface area (TPSA) is 99.2 Å². The van der Waals surface area contributed by atoms with Gasteiger partial charge in [0.1, 0.15) is 0 Å². The predicted octanol–water partition coefficient (Wildman–Crippen LogP) is 0.617. The molecule has 0 aromatic heterocycles. The standard InChI is InChI=1S/C17H19NO7S/c1-18(13-6-7-26(21,22)10-13)16(19)9-23-17(20)5-3-12-2-4-14-15(8-12)25-11-24-14/h2-5,8,13H,6-7,9-11H2,1H3/b5-3+. The minimum Gasteiger partial charge on any atom is -0.454 e. The summed E-state index contributed by atoms with van der Waals surface area (Å²) >= 11 is 0. The lowest BCUT2D eigenvalue weighted by atomic mass is 10.2. The minimum atomic E-state index is -3.08. The number of rotatable bonds is 5. The molecule has 9 heteroatoms. The summed E-state index contributed by atoms with van der Waals surface area (Å²) in [5, 5.41) is 0. The Hall–Kier alpha value is -2.55. The number of hydrogen-bond acceptors (Lipinski definition) is 7. The number of carbonyl (C=O) groups is 2. The van der Waals surface area contributed by atoms with Crippen molar-refractivity contribution in [2.24, 2.45) is 0 Å². The second-order valence-corrected chi connectivity index (χ2v) is 8.34.